The molecule has 0 saturated carbocycles. The quantitative estimate of drug-likeness (QED) is 0.0317. The number of aromatic nitrogens is 5. The number of thioether (sulfide) groups is 1. The Morgan fingerprint density at radius 3 is 2.10 bits per heavy atom. The smallest absolute Gasteiger partial charge is 0.297 e. The van der Waals surface area contributed by atoms with E-state index in [-0.39, 0.29) is 27.7 Å². The molecule has 0 radical (unpaired) electrons. The molecule has 2 aromatic carbocycles. The Balaban J connectivity index is 1.31. The molecule has 0 unspecified atom stereocenters. The number of nitro benzene ring substituents is 1. The molecule has 0 amide bonds. The molecule has 0 N–H and O–H groups in total. The van der Waals surface area contributed by atoms with E-state index in [9.17, 15) is 23.3 Å². The standard InChI is InChI=1S/C35H49N7O6S2/c1-4-5-6-7-8-9-10-11-12-13-14-15-16-20-25-39(3)50(46,47)30-23-24-32(33(26-30)42(44)45)41-34(43)31(28(2)48-41)27-49-35-36-37-38-40(35)29-21-18-17-19-22-29/h17-19,21-24,26H,4-16,20,25,27H2,1-3H3. The molecule has 0 aliphatic heterocycles. The minimum atomic E-state index is -4.00. The molecule has 4 aromatic rings. The molecule has 272 valence electrons. The zero-order valence-corrected chi connectivity index (χ0v) is 31.0. The monoisotopic (exact) mass is 727 g/mol. The summed E-state index contributed by atoms with van der Waals surface area (Å²) in [7, 11) is -2.52. The first-order valence-corrected chi connectivity index (χ1v) is 20.0. The topological polar surface area (TPSA) is 159 Å². The molecule has 0 aliphatic carbocycles. The maximum Gasteiger partial charge on any atom is 0.297 e. The minimum absolute atomic E-state index is 0.138. The van der Waals surface area contributed by atoms with Gasteiger partial charge in [0.05, 0.1) is 21.1 Å². The second kappa shape index (κ2) is 19.5. The first kappa shape index (κ1) is 39.0. The number of aryl methyl sites for hydroxylation is 1. The Labute approximate surface area is 298 Å². The molecular weight excluding hydrogens is 679 g/mol. The van der Waals surface area contributed by atoms with E-state index in [1.165, 1.54) is 99.5 Å². The van der Waals surface area contributed by atoms with E-state index in [1.54, 1.807) is 11.6 Å². The Hall–Kier alpha value is -3.82. The van der Waals surface area contributed by atoms with E-state index in [0.717, 1.165) is 35.8 Å². The SMILES string of the molecule is CCCCCCCCCCCCCCCCN(C)S(=O)(=O)c1ccc(-n2oc(C)c(CSc3nnnn3-c3ccccc3)c2=O)c([N+](=O)[O-])c1. The number of para-hydroxylation sites is 1. The van der Waals surface area contributed by atoms with E-state index >= 15 is 0 Å². The van der Waals surface area contributed by atoms with Crippen molar-refractivity contribution in [3.05, 3.63) is 80.3 Å². The van der Waals surface area contributed by atoms with E-state index in [1.807, 2.05) is 30.3 Å². The summed E-state index contributed by atoms with van der Waals surface area (Å²) in [6.45, 7) is 4.14. The number of nitro groups is 1. The highest BCUT2D eigenvalue weighted by Gasteiger charge is 2.28. The fraction of sp³-hybridized carbons (Fsp3) is 0.543. The van der Waals surface area contributed by atoms with Gasteiger partial charge in [0.1, 0.15) is 5.76 Å². The van der Waals surface area contributed by atoms with Crippen molar-refractivity contribution >= 4 is 27.5 Å². The summed E-state index contributed by atoms with van der Waals surface area (Å²) in [5, 5.41) is 24.4. The molecular formula is C35H49N7O6S2. The average Bonchev–Trinajstić information content (AvgIpc) is 3.70. The maximum absolute atomic E-state index is 13.4. The van der Waals surface area contributed by atoms with Crippen LogP contribution in [0.15, 0.2) is 67.9 Å². The molecule has 0 spiro atoms. The van der Waals surface area contributed by atoms with Crippen molar-refractivity contribution in [1.82, 2.24) is 29.3 Å². The largest absolute Gasteiger partial charge is 0.376 e. The van der Waals surface area contributed by atoms with Gasteiger partial charge in [-0.15, -0.1) is 9.84 Å². The van der Waals surface area contributed by atoms with Gasteiger partial charge in [-0.05, 0) is 48.0 Å². The summed E-state index contributed by atoms with van der Waals surface area (Å²) < 4.78 is 36.0. The lowest BCUT2D eigenvalue weighted by Gasteiger charge is -2.17. The van der Waals surface area contributed by atoms with Gasteiger partial charge >= 0.3 is 0 Å². The summed E-state index contributed by atoms with van der Waals surface area (Å²) in [5.74, 6) is 0.402. The number of sulfonamides is 1. The number of tetrazole rings is 1. The number of unbranched alkanes of at least 4 members (excludes halogenated alkanes) is 13. The molecule has 0 fully saturated rings. The highest BCUT2D eigenvalue weighted by molar-refractivity contribution is 7.98. The predicted molar refractivity (Wildman–Crippen MR) is 195 cm³/mol. The van der Waals surface area contributed by atoms with Crippen LogP contribution in [0.3, 0.4) is 0 Å². The van der Waals surface area contributed by atoms with Gasteiger partial charge in [0, 0.05) is 25.4 Å². The van der Waals surface area contributed by atoms with Crippen LogP contribution in [-0.4, -0.2) is 56.2 Å². The first-order chi connectivity index (χ1) is 24.1. The molecule has 2 heterocycles. The number of benzene rings is 2. The number of rotatable bonds is 23. The lowest BCUT2D eigenvalue weighted by molar-refractivity contribution is -0.385. The van der Waals surface area contributed by atoms with Crippen LogP contribution in [0.2, 0.25) is 0 Å². The van der Waals surface area contributed by atoms with Crippen LogP contribution in [0, 0.1) is 17.0 Å². The average molecular weight is 728 g/mol. The van der Waals surface area contributed by atoms with Crippen molar-refractivity contribution < 1.29 is 17.9 Å². The summed E-state index contributed by atoms with van der Waals surface area (Å²) in [6, 6.07) is 12.8. The van der Waals surface area contributed by atoms with Crippen molar-refractivity contribution in [2.45, 2.75) is 120 Å². The number of nitrogens with zero attached hydrogens (tertiary/aromatic N) is 7. The summed E-state index contributed by atoms with van der Waals surface area (Å²) in [4.78, 5) is 24.6. The van der Waals surface area contributed by atoms with Gasteiger partial charge in [-0.3, -0.25) is 14.9 Å². The van der Waals surface area contributed by atoms with Crippen molar-refractivity contribution in [1.29, 1.82) is 0 Å². The van der Waals surface area contributed by atoms with Crippen LogP contribution >= 0.6 is 11.8 Å². The summed E-state index contributed by atoms with van der Waals surface area (Å²) in [6.07, 6.45) is 16.9. The van der Waals surface area contributed by atoms with Gasteiger partial charge in [0.15, 0.2) is 5.69 Å². The number of hydrogen-bond donors (Lipinski definition) is 0. The minimum Gasteiger partial charge on any atom is -0.376 e. The third-order valence-electron chi connectivity index (χ3n) is 8.78. The van der Waals surface area contributed by atoms with Crippen molar-refractivity contribution in [3.63, 3.8) is 0 Å². The molecule has 0 atom stereocenters. The molecule has 15 heteroatoms. The Morgan fingerprint density at radius 1 is 0.900 bits per heavy atom. The normalized spacial score (nSPS) is 11.8. The van der Waals surface area contributed by atoms with Gasteiger partial charge in [-0.2, -0.15) is 4.68 Å². The van der Waals surface area contributed by atoms with Gasteiger partial charge in [-0.1, -0.05) is 120 Å². The summed E-state index contributed by atoms with van der Waals surface area (Å²) >= 11 is 1.21. The van der Waals surface area contributed by atoms with Crippen LogP contribution < -0.4 is 5.56 Å². The van der Waals surface area contributed by atoms with Crippen molar-refractivity contribution in [2.75, 3.05) is 13.6 Å². The Bertz CT molecular complexity index is 1820. The molecule has 50 heavy (non-hydrogen) atoms. The van der Waals surface area contributed by atoms with Gasteiger partial charge < -0.3 is 4.52 Å². The third kappa shape index (κ3) is 10.6. The van der Waals surface area contributed by atoms with Crippen molar-refractivity contribution in [2.24, 2.45) is 0 Å². The molecule has 13 nitrogen and oxygen atoms in total. The molecule has 0 bridgehead atoms. The summed E-state index contributed by atoms with van der Waals surface area (Å²) in [5.41, 5.74) is -0.294. The molecule has 4 rings (SSSR count). The van der Waals surface area contributed by atoms with Crippen LogP contribution in [-0.2, 0) is 15.8 Å². The lowest BCUT2D eigenvalue weighted by atomic mass is 10.0. The van der Waals surface area contributed by atoms with Crippen LogP contribution in [0.25, 0.3) is 11.4 Å². The molecule has 2 aromatic heterocycles. The fourth-order valence-electron chi connectivity index (χ4n) is 5.78. The predicted octanol–water partition coefficient (Wildman–Crippen LogP) is 8.02. The van der Waals surface area contributed by atoms with E-state index in [4.69, 9.17) is 4.52 Å². The van der Waals surface area contributed by atoms with Crippen LogP contribution in [0.5, 0.6) is 0 Å². The van der Waals surface area contributed by atoms with E-state index in [2.05, 4.69) is 22.4 Å². The zero-order valence-electron chi connectivity index (χ0n) is 29.3. The number of hydrogen-bond acceptors (Lipinski definition) is 10. The molecule has 0 saturated heterocycles. The fourth-order valence-corrected chi connectivity index (χ4v) is 7.96. The van der Waals surface area contributed by atoms with E-state index in [0.29, 0.717) is 18.1 Å². The Morgan fingerprint density at radius 2 is 1.50 bits per heavy atom. The van der Waals surface area contributed by atoms with Crippen molar-refractivity contribution in [3.8, 4) is 11.4 Å². The van der Waals surface area contributed by atoms with Crippen LogP contribution in [0.1, 0.15) is 108 Å². The zero-order chi connectivity index (χ0) is 35.9. The second-order valence-electron chi connectivity index (χ2n) is 12.6. The third-order valence-corrected chi connectivity index (χ3v) is 11.6. The van der Waals surface area contributed by atoms with Crippen LogP contribution in [0.4, 0.5) is 5.69 Å². The van der Waals surface area contributed by atoms with Gasteiger partial charge in [0.2, 0.25) is 15.2 Å². The highest BCUT2D eigenvalue weighted by atomic mass is 32.2. The second-order valence-corrected chi connectivity index (χ2v) is 15.5. The lowest BCUT2D eigenvalue weighted by Crippen LogP contribution is -2.28. The molecule has 0 aliphatic rings. The van der Waals surface area contributed by atoms with Gasteiger partial charge in [0.25, 0.3) is 11.2 Å². The Kier molecular flexibility index (Phi) is 15.2. The van der Waals surface area contributed by atoms with Gasteiger partial charge in [-0.25, -0.2) is 12.7 Å². The highest BCUT2D eigenvalue weighted by Crippen LogP contribution is 2.29. The maximum atomic E-state index is 13.4. The van der Waals surface area contributed by atoms with E-state index < -0.39 is 26.2 Å². The first-order valence-electron chi connectivity index (χ1n) is 17.6.